The molecule has 0 radical (unpaired) electrons. The van der Waals surface area contributed by atoms with Crippen LogP contribution in [-0.4, -0.2) is 42.4 Å². The minimum atomic E-state index is -4.47. The molecule has 0 spiro atoms. The minimum absolute atomic E-state index is 0.0574. The molecule has 0 aromatic heterocycles. The van der Waals surface area contributed by atoms with Gasteiger partial charge in [0.25, 0.3) is 5.91 Å². The summed E-state index contributed by atoms with van der Waals surface area (Å²) >= 11 is 0. The number of amidine groups is 1. The summed E-state index contributed by atoms with van der Waals surface area (Å²) in [6.45, 7) is 3.85. The van der Waals surface area contributed by atoms with E-state index >= 15 is 0 Å². The third-order valence-corrected chi connectivity index (χ3v) is 3.74. The first-order valence-corrected chi connectivity index (χ1v) is 8.43. The first kappa shape index (κ1) is 21.3. The largest absolute Gasteiger partial charge is 0.436 e. The number of amides is 2. The lowest BCUT2D eigenvalue weighted by molar-refractivity contribution is -0.139. The Morgan fingerprint density at radius 2 is 1.82 bits per heavy atom. The highest BCUT2D eigenvalue weighted by molar-refractivity contribution is 5.92. The molecule has 1 aromatic rings. The van der Waals surface area contributed by atoms with Crippen molar-refractivity contribution in [3.05, 3.63) is 29.8 Å². The molecule has 0 fully saturated rings. The molecule has 1 aromatic carbocycles. The van der Waals surface area contributed by atoms with Crippen LogP contribution in [0.15, 0.2) is 39.7 Å². The van der Waals surface area contributed by atoms with Crippen LogP contribution in [0.4, 0.5) is 23.7 Å². The van der Waals surface area contributed by atoms with Crippen molar-refractivity contribution < 1.29 is 27.5 Å². The van der Waals surface area contributed by atoms with Gasteiger partial charge in [0.2, 0.25) is 0 Å². The monoisotopic (exact) mass is 399 g/mol. The minimum Gasteiger partial charge on any atom is -0.436 e. The summed E-state index contributed by atoms with van der Waals surface area (Å²) in [6, 6.07) is 3.90. The van der Waals surface area contributed by atoms with Crippen LogP contribution in [0, 0.1) is 5.92 Å². The Morgan fingerprint density at radius 3 is 2.29 bits per heavy atom. The number of rotatable bonds is 7. The molecule has 0 aliphatic carbocycles. The third-order valence-electron chi connectivity index (χ3n) is 3.74. The van der Waals surface area contributed by atoms with Crippen molar-refractivity contribution in [2.75, 3.05) is 18.9 Å². The van der Waals surface area contributed by atoms with Gasteiger partial charge in [0.15, 0.2) is 11.9 Å². The van der Waals surface area contributed by atoms with E-state index in [9.17, 15) is 22.8 Å². The number of nitrogens with zero attached hydrogens (tertiary/aromatic N) is 4. The van der Waals surface area contributed by atoms with E-state index in [0.717, 1.165) is 24.3 Å². The van der Waals surface area contributed by atoms with Crippen molar-refractivity contribution in [1.29, 1.82) is 0 Å². The predicted octanol–water partition coefficient (Wildman–Crippen LogP) is 3.91. The molecular formula is C17H20F3N5O3. The Bertz CT molecular complexity index is 775. The smallest absolute Gasteiger partial charge is 0.416 e. The maximum Gasteiger partial charge on any atom is 0.416 e. The van der Waals surface area contributed by atoms with Crippen LogP contribution in [0.5, 0.6) is 0 Å². The number of alkyl halides is 3. The van der Waals surface area contributed by atoms with Crippen LogP contribution in [0.25, 0.3) is 0 Å². The lowest BCUT2D eigenvalue weighted by Crippen LogP contribution is -2.42. The Balaban J connectivity index is 1.98. The zero-order valence-electron chi connectivity index (χ0n) is 15.5. The van der Waals surface area contributed by atoms with E-state index < -0.39 is 29.8 Å². The average Bonchev–Trinajstić information content (AvgIpc) is 2.55. The number of likely N-dealkylation sites (N-methyl/N-ethyl adjacent to an activating group) is 1. The molecule has 1 N–H and O–H groups in total. The van der Waals surface area contributed by atoms with Crippen LogP contribution in [-0.2, 0) is 15.7 Å². The van der Waals surface area contributed by atoms with Gasteiger partial charge in [-0.2, -0.15) is 13.2 Å². The van der Waals surface area contributed by atoms with Gasteiger partial charge >= 0.3 is 12.3 Å². The summed E-state index contributed by atoms with van der Waals surface area (Å²) in [5, 5.41) is 12.9. The quantitative estimate of drug-likeness (QED) is 0.753. The molecule has 0 saturated heterocycles. The van der Waals surface area contributed by atoms with Gasteiger partial charge in [0.05, 0.1) is 12.1 Å². The highest BCUT2D eigenvalue weighted by atomic mass is 19.4. The van der Waals surface area contributed by atoms with E-state index in [1.807, 2.05) is 13.8 Å². The van der Waals surface area contributed by atoms with E-state index in [0.29, 0.717) is 5.84 Å². The number of halogens is 3. The van der Waals surface area contributed by atoms with Crippen molar-refractivity contribution in [3.8, 4) is 0 Å². The lowest BCUT2D eigenvalue weighted by Gasteiger charge is -2.25. The molecule has 11 heteroatoms. The zero-order valence-corrected chi connectivity index (χ0v) is 15.5. The Hall–Kier alpha value is -2.98. The molecular weight excluding hydrogens is 379 g/mol. The molecule has 8 nitrogen and oxygen atoms in total. The molecule has 1 heterocycles. The second-order valence-corrected chi connectivity index (χ2v) is 6.62. The Labute approximate surface area is 159 Å². The molecule has 2 amide bonds. The summed E-state index contributed by atoms with van der Waals surface area (Å²) < 4.78 is 43.0. The molecule has 0 bridgehead atoms. The Morgan fingerprint density at radius 1 is 1.21 bits per heavy atom. The lowest BCUT2D eigenvalue weighted by atomic mass is 10.1. The summed E-state index contributed by atoms with van der Waals surface area (Å²) in [7, 11) is 1.52. The predicted molar refractivity (Wildman–Crippen MR) is 94.7 cm³/mol. The van der Waals surface area contributed by atoms with Gasteiger partial charge < -0.3 is 9.64 Å². The van der Waals surface area contributed by atoms with Gasteiger partial charge in [-0.05, 0) is 41.8 Å². The molecule has 0 saturated carbocycles. The highest BCUT2D eigenvalue weighted by Crippen LogP contribution is 2.29. The van der Waals surface area contributed by atoms with Crippen molar-refractivity contribution in [2.45, 2.75) is 32.5 Å². The van der Waals surface area contributed by atoms with Gasteiger partial charge in [0, 0.05) is 12.7 Å². The van der Waals surface area contributed by atoms with E-state index in [4.69, 9.17) is 4.74 Å². The maximum atomic E-state index is 12.6. The van der Waals surface area contributed by atoms with Crippen LogP contribution in [0.2, 0.25) is 0 Å². The number of hydrogen-bond donors (Lipinski definition) is 1. The molecule has 1 aliphatic rings. The second kappa shape index (κ2) is 8.81. The van der Waals surface area contributed by atoms with Crippen molar-refractivity contribution in [3.63, 3.8) is 0 Å². The molecule has 0 unspecified atom stereocenters. The molecule has 1 aliphatic heterocycles. The SMILES string of the molecule is CC(C)C[C@H](OC(=O)Nc1ccc(C(F)(F)F)cc1)C(=O)N(C)CC1=NN=N1. The van der Waals surface area contributed by atoms with Gasteiger partial charge in [0.1, 0.15) is 0 Å². The number of ether oxygens (including phenoxy) is 1. The first-order valence-electron chi connectivity index (χ1n) is 8.43. The second-order valence-electron chi connectivity index (χ2n) is 6.62. The molecule has 152 valence electrons. The van der Waals surface area contributed by atoms with E-state index in [1.165, 1.54) is 11.9 Å². The topological polar surface area (TPSA) is 95.7 Å². The number of carbonyl (C=O) groups excluding carboxylic acids is 2. The maximum absolute atomic E-state index is 12.6. The first-order chi connectivity index (χ1) is 13.1. The summed E-state index contributed by atoms with van der Waals surface area (Å²) in [6.07, 6.45) is -6.19. The van der Waals surface area contributed by atoms with Crippen molar-refractivity contribution in [2.24, 2.45) is 21.4 Å². The average molecular weight is 399 g/mol. The fraction of sp³-hybridized carbons (Fsp3) is 0.471. The fourth-order valence-corrected chi connectivity index (χ4v) is 2.35. The zero-order chi connectivity index (χ0) is 20.9. The number of hydrogen-bond acceptors (Lipinski definition) is 6. The normalized spacial score (nSPS) is 14.2. The van der Waals surface area contributed by atoms with E-state index in [1.54, 1.807) is 0 Å². The number of nitrogens with one attached hydrogen (secondary N) is 1. The summed E-state index contributed by atoms with van der Waals surface area (Å²) in [5.74, 6) is -0.00336. The summed E-state index contributed by atoms with van der Waals surface area (Å²) in [4.78, 5) is 26.0. The van der Waals surface area contributed by atoms with Gasteiger partial charge in [-0.25, -0.2) is 4.79 Å². The fourth-order valence-electron chi connectivity index (χ4n) is 2.35. The van der Waals surface area contributed by atoms with Crippen molar-refractivity contribution >= 4 is 23.5 Å². The van der Waals surface area contributed by atoms with E-state index in [2.05, 4.69) is 20.8 Å². The van der Waals surface area contributed by atoms with Crippen LogP contribution >= 0.6 is 0 Å². The van der Waals surface area contributed by atoms with Crippen molar-refractivity contribution in [1.82, 2.24) is 4.90 Å². The molecule has 2 rings (SSSR count). The van der Waals surface area contributed by atoms with Crippen LogP contribution in [0.1, 0.15) is 25.8 Å². The standard InChI is InChI=1S/C17H20F3N5O3/c1-10(2)8-13(15(26)25(3)9-14-22-24-23-14)28-16(27)21-12-6-4-11(5-7-12)17(18,19)20/h4-7,10,13H,8-9H2,1-3H3,(H,21,27)/t13-/m0/s1. The number of anilines is 1. The van der Waals surface area contributed by atoms with Gasteiger partial charge in [-0.1, -0.05) is 13.8 Å². The molecule has 1 atom stereocenters. The van der Waals surface area contributed by atoms with Gasteiger partial charge in [-0.3, -0.25) is 10.1 Å². The third kappa shape index (κ3) is 6.03. The number of benzene rings is 1. The van der Waals surface area contributed by atoms with E-state index in [-0.39, 0.29) is 24.6 Å². The highest BCUT2D eigenvalue weighted by Gasteiger charge is 2.30. The van der Waals surface area contributed by atoms with Gasteiger partial charge in [-0.15, -0.1) is 10.2 Å². The van der Waals surface area contributed by atoms with Crippen LogP contribution < -0.4 is 5.32 Å². The number of carbonyl (C=O) groups is 2. The Kier molecular flexibility index (Phi) is 6.71. The van der Waals surface area contributed by atoms with Crippen LogP contribution in [0.3, 0.4) is 0 Å². The summed E-state index contributed by atoms with van der Waals surface area (Å²) in [5.41, 5.74) is -0.719. The molecule has 28 heavy (non-hydrogen) atoms.